The Morgan fingerprint density at radius 3 is 2.44 bits per heavy atom. The molecule has 1 fully saturated rings. The first-order chi connectivity index (χ1) is 12.3. The van der Waals surface area contributed by atoms with Gasteiger partial charge in [-0.05, 0) is 11.6 Å². The van der Waals surface area contributed by atoms with Crippen LogP contribution in [0.25, 0.3) is 17.5 Å². The monoisotopic (exact) mass is 331 g/mol. The van der Waals surface area contributed by atoms with E-state index in [1.54, 1.807) is 11.0 Å². The fourth-order valence-corrected chi connectivity index (χ4v) is 2.76. The molecule has 3 aromatic rings. The van der Waals surface area contributed by atoms with Crippen LogP contribution in [-0.2, 0) is 4.79 Å². The molecule has 0 N–H and O–H groups in total. The molecule has 1 saturated heterocycles. The molecule has 5 nitrogen and oxygen atoms in total. The standard InChI is InChI=1S/C20H17N3O2/c24-18(12-11-15-7-3-1-4-8-15)23-13-17(14-23)20-21-19(22-25-20)16-9-5-2-6-10-16/h1-12,17H,13-14H2/b12-11+. The molecular weight excluding hydrogens is 314 g/mol. The smallest absolute Gasteiger partial charge is 0.246 e. The molecule has 0 aliphatic carbocycles. The second-order valence-corrected chi connectivity index (χ2v) is 6.01. The number of aromatic nitrogens is 2. The molecule has 2 heterocycles. The van der Waals surface area contributed by atoms with E-state index in [-0.39, 0.29) is 11.8 Å². The van der Waals surface area contributed by atoms with Crippen LogP contribution in [0.1, 0.15) is 17.4 Å². The van der Waals surface area contributed by atoms with Gasteiger partial charge in [-0.1, -0.05) is 65.8 Å². The fraction of sp³-hybridized carbons (Fsp3) is 0.150. The summed E-state index contributed by atoms with van der Waals surface area (Å²) in [5.41, 5.74) is 1.94. The lowest BCUT2D eigenvalue weighted by molar-refractivity contribution is -0.130. The Kier molecular flexibility index (Phi) is 4.12. The summed E-state index contributed by atoms with van der Waals surface area (Å²) in [4.78, 5) is 18.4. The average Bonchev–Trinajstić information content (AvgIpc) is 3.10. The van der Waals surface area contributed by atoms with E-state index >= 15 is 0 Å². The van der Waals surface area contributed by atoms with Gasteiger partial charge in [0.15, 0.2) is 0 Å². The Morgan fingerprint density at radius 1 is 1.04 bits per heavy atom. The van der Waals surface area contributed by atoms with Gasteiger partial charge in [-0.25, -0.2) is 0 Å². The first-order valence-electron chi connectivity index (χ1n) is 8.20. The molecule has 0 atom stereocenters. The fourth-order valence-electron chi connectivity index (χ4n) is 2.76. The van der Waals surface area contributed by atoms with E-state index in [4.69, 9.17) is 4.52 Å². The maximum atomic E-state index is 12.2. The highest BCUT2D eigenvalue weighted by Crippen LogP contribution is 2.27. The highest BCUT2D eigenvalue weighted by Gasteiger charge is 2.34. The van der Waals surface area contributed by atoms with Crippen molar-refractivity contribution in [2.75, 3.05) is 13.1 Å². The summed E-state index contributed by atoms with van der Waals surface area (Å²) in [7, 11) is 0. The third-order valence-electron chi connectivity index (χ3n) is 4.23. The topological polar surface area (TPSA) is 59.2 Å². The van der Waals surface area contributed by atoms with Crippen LogP contribution in [-0.4, -0.2) is 34.0 Å². The van der Waals surface area contributed by atoms with E-state index in [9.17, 15) is 4.79 Å². The lowest BCUT2D eigenvalue weighted by Gasteiger charge is -2.36. The van der Waals surface area contributed by atoms with Crippen LogP contribution in [0.4, 0.5) is 0 Å². The van der Waals surface area contributed by atoms with E-state index < -0.39 is 0 Å². The van der Waals surface area contributed by atoms with E-state index in [1.165, 1.54) is 0 Å². The van der Waals surface area contributed by atoms with Crippen molar-refractivity contribution >= 4 is 12.0 Å². The highest BCUT2D eigenvalue weighted by molar-refractivity contribution is 5.92. The van der Waals surface area contributed by atoms with Gasteiger partial charge in [-0.15, -0.1) is 0 Å². The number of likely N-dealkylation sites (tertiary alicyclic amines) is 1. The zero-order chi connectivity index (χ0) is 17.1. The first kappa shape index (κ1) is 15.3. The normalized spacial score (nSPS) is 14.6. The number of carbonyl (C=O) groups excluding carboxylic acids is 1. The Morgan fingerprint density at radius 2 is 1.72 bits per heavy atom. The molecule has 0 bridgehead atoms. The molecule has 1 aliphatic heterocycles. The van der Waals surface area contributed by atoms with Gasteiger partial charge in [-0.2, -0.15) is 4.98 Å². The minimum absolute atomic E-state index is 0.00269. The van der Waals surface area contributed by atoms with Gasteiger partial charge in [0.25, 0.3) is 0 Å². The molecule has 4 rings (SSSR count). The third kappa shape index (κ3) is 3.35. The largest absolute Gasteiger partial charge is 0.339 e. The quantitative estimate of drug-likeness (QED) is 0.688. The Labute approximate surface area is 145 Å². The lowest BCUT2D eigenvalue weighted by Crippen LogP contribution is -2.47. The second-order valence-electron chi connectivity index (χ2n) is 6.01. The van der Waals surface area contributed by atoms with Crippen molar-refractivity contribution in [2.24, 2.45) is 0 Å². The van der Waals surface area contributed by atoms with Crippen LogP contribution < -0.4 is 0 Å². The molecular formula is C20H17N3O2. The second kappa shape index (κ2) is 6.73. The van der Waals surface area contributed by atoms with Crippen LogP contribution >= 0.6 is 0 Å². The molecule has 0 spiro atoms. The Balaban J connectivity index is 1.35. The first-order valence-corrected chi connectivity index (χ1v) is 8.20. The van der Waals surface area contributed by atoms with E-state index in [0.29, 0.717) is 24.8 Å². The molecule has 2 aromatic carbocycles. The van der Waals surface area contributed by atoms with Gasteiger partial charge in [0.2, 0.25) is 17.6 Å². The van der Waals surface area contributed by atoms with Gasteiger partial charge < -0.3 is 9.42 Å². The van der Waals surface area contributed by atoms with Gasteiger partial charge in [0.1, 0.15) is 0 Å². The Hall–Kier alpha value is -3.21. The lowest BCUT2D eigenvalue weighted by atomic mass is 10.00. The summed E-state index contributed by atoms with van der Waals surface area (Å²) in [5.74, 6) is 1.29. The SMILES string of the molecule is O=C(/C=C/c1ccccc1)N1CC(c2nc(-c3ccccc3)no2)C1. The summed E-state index contributed by atoms with van der Waals surface area (Å²) in [5, 5.41) is 4.03. The van der Waals surface area contributed by atoms with Crippen molar-refractivity contribution in [3.63, 3.8) is 0 Å². The van der Waals surface area contributed by atoms with E-state index in [2.05, 4.69) is 10.1 Å². The summed E-state index contributed by atoms with van der Waals surface area (Å²) in [6.07, 6.45) is 3.44. The number of hydrogen-bond donors (Lipinski definition) is 0. The molecule has 5 heteroatoms. The number of carbonyl (C=O) groups is 1. The van der Waals surface area contributed by atoms with Crippen molar-refractivity contribution in [3.05, 3.63) is 78.2 Å². The van der Waals surface area contributed by atoms with Crippen LogP contribution in [0.5, 0.6) is 0 Å². The van der Waals surface area contributed by atoms with E-state index in [0.717, 1.165) is 11.1 Å². The number of benzene rings is 2. The van der Waals surface area contributed by atoms with Gasteiger partial charge in [-0.3, -0.25) is 4.79 Å². The molecule has 1 aliphatic rings. The third-order valence-corrected chi connectivity index (χ3v) is 4.23. The molecule has 124 valence electrons. The van der Waals surface area contributed by atoms with Gasteiger partial charge in [0.05, 0.1) is 5.92 Å². The zero-order valence-corrected chi connectivity index (χ0v) is 13.6. The predicted molar refractivity (Wildman–Crippen MR) is 94.5 cm³/mol. The van der Waals surface area contributed by atoms with Crippen molar-refractivity contribution in [1.29, 1.82) is 0 Å². The highest BCUT2D eigenvalue weighted by atomic mass is 16.5. The number of amides is 1. The number of nitrogens with zero attached hydrogens (tertiary/aromatic N) is 3. The van der Waals surface area contributed by atoms with Crippen LogP contribution in [0.2, 0.25) is 0 Å². The minimum atomic E-state index is 0.00269. The maximum Gasteiger partial charge on any atom is 0.246 e. The Bertz CT molecular complexity index is 882. The average molecular weight is 331 g/mol. The molecule has 25 heavy (non-hydrogen) atoms. The van der Waals surface area contributed by atoms with Crippen LogP contribution in [0, 0.1) is 0 Å². The minimum Gasteiger partial charge on any atom is -0.339 e. The van der Waals surface area contributed by atoms with Crippen LogP contribution in [0.15, 0.2) is 71.3 Å². The molecule has 0 saturated carbocycles. The zero-order valence-electron chi connectivity index (χ0n) is 13.6. The molecule has 0 unspecified atom stereocenters. The van der Waals surface area contributed by atoms with E-state index in [1.807, 2.05) is 66.7 Å². The van der Waals surface area contributed by atoms with Crippen molar-refractivity contribution < 1.29 is 9.32 Å². The van der Waals surface area contributed by atoms with Gasteiger partial charge >= 0.3 is 0 Å². The summed E-state index contributed by atoms with van der Waals surface area (Å²) in [6, 6.07) is 19.5. The summed E-state index contributed by atoms with van der Waals surface area (Å²) >= 11 is 0. The van der Waals surface area contributed by atoms with Crippen LogP contribution in [0.3, 0.4) is 0 Å². The molecule has 0 radical (unpaired) electrons. The number of rotatable bonds is 4. The summed E-state index contributed by atoms with van der Waals surface area (Å²) < 4.78 is 5.36. The number of hydrogen-bond acceptors (Lipinski definition) is 4. The maximum absolute atomic E-state index is 12.2. The van der Waals surface area contributed by atoms with Gasteiger partial charge in [0, 0.05) is 24.7 Å². The predicted octanol–water partition coefficient (Wildman–Crippen LogP) is 3.38. The van der Waals surface area contributed by atoms with Crippen molar-refractivity contribution in [3.8, 4) is 11.4 Å². The summed E-state index contributed by atoms with van der Waals surface area (Å²) in [6.45, 7) is 1.21. The molecule has 1 aromatic heterocycles. The van der Waals surface area contributed by atoms with Crippen molar-refractivity contribution in [2.45, 2.75) is 5.92 Å². The molecule has 1 amide bonds. The van der Waals surface area contributed by atoms with Crippen molar-refractivity contribution in [1.82, 2.24) is 15.0 Å².